The van der Waals surface area contributed by atoms with Crippen LogP contribution in [0.1, 0.15) is 79.5 Å². The second-order valence-corrected chi connectivity index (χ2v) is 14.2. The Bertz CT molecular complexity index is 1560. The number of ether oxygens (including phenoxy) is 2. The van der Waals surface area contributed by atoms with Crippen LogP contribution in [0.25, 0.3) is 10.8 Å². The molecule has 2 fully saturated rings. The van der Waals surface area contributed by atoms with Crippen molar-refractivity contribution in [3.63, 3.8) is 0 Å². The van der Waals surface area contributed by atoms with E-state index in [1.807, 2.05) is 36.4 Å². The van der Waals surface area contributed by atoms with Gasteiger partial charge in [0.05, 0.1) is 58.3 Å². The van der Waals surface area contributed by atoms with E-state index in [1.165, 1.54) is 13.5 Å². The Kier molecular flexibility index (Phi) is 9.23. The number of halogens is 1. The van der Waals surface area contributed by atoms with Gasteiger partial charge in [0.1, 0.15) is 11.5 Å². The molecule has 0 bridgehead atoms. The molecule has 43 heavy (non-hydrogen) atoms. The number of amides is 2. The first kappa shape index (κ1) is 31.5. The van der Waals surface area contributed by atoms with E-state index >= 15 is 0 Å². The average molecular weight is 717 g/mol. The van der Waals surface area contributed by atoms with Gasteiger partial charge in [-0.25, -0.2) is 0 Å². The van der Waals surface area contributed by atoms with Crippen LogP contribution in [0.15, 0.2) is 48.5 Å². The van der Waals surface area contributed by atoms with Crippen LogP contribution in [0.4, 0.5) is 5.69 Å². The van der Waals surface area contributed by atoms with Crippen molar-refractivity contribution >= 4 is 71.7 Å². The Balaban J connectivity index is 1.42. The molecule has 0 saturated heterocycles. The van der Waals surface area contributed by atoms with Crippen LogP contribution >= 0.6 is 32.1 Å². The minimum atomic E-state index is -0.782. The van der Waals surface area contributed by atoms with Crippen LogP contribution in [0.2, 0.25) is 0 Å². The molecular formula is C33H38IN2O6P. The van der Waals surface area contributed by atoms with Crippen LogP contribution in [0, 0.1) is 10.8 Å². The molecule has 3 aromatic rings. The smallest absolute Gasteiger partial charge is 0.309 e. The summed E-state index contributed by atoms with van der Waals surface area (Å²) in [7, 11) is 4.13. The maximum absolute atomic E-state index is 13.8. The molecule has 0 aromatic heterocycles. The SMILES string of the molecule is COc1cc(P)c(O[C@H]2CC[C@@](C)(C(=O)O)CC2)cc1C(=O)Nc1cc2ccccc2cc1C(=O)N(I)CC1(C)CCC1. The van der Waals surface area contributed by atoms with Gasteiger partial charge in [-0.1, -0.05) is 37.6 Å². The zero-order valence-electron chi connectivity index (χ0n) is 24.7. The number of hydrogen-bond acceptors (Lipinski definition) is 5. The van der Waals surface area contributed by atoms with Gasteiger partial charge in [0, 0.05) is 11.8 Å². The largest absolute Gasteiger partial charge is 0.496 e. The lowest BCUT2D eigenvalue weighted by Gasteiger charge is -2.40. The molecule has 2 aliphatic carbocycles. The minimum Gasteiger partial charge on any atom is -0.496 e. The number of carbonyl (C=O) groups excluding carboxylic acids is 2. The number of nitrogens with one attached hydrogen (secondary N) is 1. The molecule has 2 aliphatic rings. The number of carboxylic acid groups (broad SMARTS) is 1. The van der Waals surface area contributed by atoms with Gasteiger partial charge in [-0.2, -0.15) is 0 Å². The van der Waals surface area contributed by atoms with Crippen molar-refractivity contribution in [1.82, 2.24) is 3.11 Å². The predicted octanol–water partition coefficient (Wildman–Crippen LogP) is 7.00. The molecule has 0 radical (unpaired) electrons. The minimum absolute atomic E-state index is 0.116. The second kappa shape index (κ2) is 12.6. The summed E-state index contributed by atoms with van der Waals surface area (Å²) in [5.74, 6) is -0.475. The third-order valence-electron chi connectivity index (χ3n) is 9.09. The molecule has 0 aliphatic heterocycles. The first-order valence-electron chi connectivity index (χ1n) is 14.6. The summed E-state index contributed by atoms with van der Waals surface area (Å²) in [5, 5.41) is 15.1. The Labute approximate surface area is 268 Å². The monoisotopic (exact) mass is 716 g/mol. The molecule has 5 rings (SSSR count). The number of carbonyl (C=O) groups is 3. The number of aliphatic carboxylic acids is 1. The fraction of sp³-hybridized carbons (Fsp3) is 0.424. The van der Waals surface area contributed by atoms with Gasteiger partial charge in [0.15, 0.2) is 0 Å². The van der Waals surface area contributed by atoms with E-state index in [0.717, 1.165) is 28.9 Å². The summed E-state index contributed by atoms with van der Waals surface area (Å²) in [4.78, 5) is 39.3. The van der Waals surface area contributed by atoms with Crippen molar-refractivity contribution in [2.24, 2.45) is 10.8 Å². The van der Waals surface area contributed by atoms with Gasteiger partial charge in [0.25, 0.3) is 11.8 Å². The molecule has 8 nitrogen and oxygen atoms in total. The molecular weight excluding hydrogens is 678 g/mol. The first-order valence-corrected chi connectivity index (χ1v) is 16.1. The highest BCUT2D eigenvalue weighted by Gasteiger charge is 2.38. The normalized spacial score (nSPS) is 21.0. The Morgan fingerprint density at radius 2 is 1.65 bits per heavy atom. The Hall–Kier alpha value is -2.91. The summed E-state index contributed by atoms with van der Waals surface area (Å²) < 4.78 is 13.6. The van der Waals surface area contributed by atoms with Crippen molar-refractivity contribution in [1.29, 1.82) is 0 Å². The van der Waals surface area contributed by atoms with E-state index in [4.69, 9.17) is 9.47 Å². The molecule has 2 amide bonds. The number of nitrogens with zero attached hydrogens (tertiary/aromatic N) is 1. The van der Waals surface area contributed by atoms with Crippen LogP contribution < -0.4 is 20.1 Å². The lowest BCUT2D eigenvalue weighted by Crippen LogP contribution is -2.38. The Morgan fingerprint density at radius 3 is 2.23 bits per heavy atom. The standard InChI is InChI=1S/C33H38IN2O6P/c1-32(11-6-12-32)19-36(34)30(38)23-15-20-7-4-5-8-21(20)16-25(23)35-29(37)24-17-27(28(43)18-26(24)41-3)42-22-9-13-33(2,14-10-22)31(39)40/h4-5,7-8,15-18,22H,6,9-14,19,43H2,1-3H3,(H,35,37)(H,39,40)/t22-,33+. The highest BCUT2D eigenvalue weighted by atomic mass is 127. The maximum atomic E-state index is 13.8. The van der Waals surface area contributed by atoms with E-state index in [2.05, 4.69) is 44.3 Å². The predicted molar refractivity (Wildman–Crippen MR) is 180 cm³/mol. The van der Waals surface area contributed by atoms with E-state index < -0.39 is 17.3 Å². The zero-order chi connectivity index (χ0) is 30.9. The van der Waals surface area contributed by atoms with E-state index in [-0.39, 0.29) is 23.0 Å². The molecule has 1 atom stereocenters. The summed E-state index contributed by atoms with van der Waals surface area (Å²) >= 11 is 2.09. The summed E-state index contributed by atoms with van der Waals surface area (Å²) in [5.41, 5.74) is 0.493. The van der Waals surface area contributed by atoms with Crippen molar-refractivity contribution in [2.45, 2.75) is 64.9 Å². The molecule has 1 unspecified atom stereocenters. The number of rotatable bonds is 9. The molecule has 0 heterocycles. The van der Waals surface area contributed by atoms with E-state index in [1.54, 1.807) is 22.2 Å². The van der Waals surface area contributed by atoms with Crippen LogP contribution in [-0.2, 0) is 4.79 Å². The average Bonchev–Trinajstić information content (AvgIpc) is 2.97. The van der Waals surface area contributed by atoms with Crippen molar-refractivity contribution in [3.05, 3.63) is 59.7 Å². The zero-order valence-corrected chi connectivity index (χ0v) is 28.1. The van der Waals surface area contributed by atoms with Gasteiger partial charge in [-0.3, -0.25) is 17.5 Å². The molecule has 0 spiro atoms. The van der Waals surface area contributed by atoms with Crippen LogP contribution in [0.3, 0.4) is 0 Å². The topological polar surface area (TPSA) is 105 Å². The van der Waals surface area contributed by atoms with Gasteiger partial charge in [0.2, 0.25) is 0 Å². The highest BCUT2D eigenvalue weighted by Crippen LogP contribution is 2.42. The molecule has 2 saturated carbocycles. The third kappa shape index (κ3) is 6.78. The maximum Gasteiger partial charge on any atom is 0.309 e. The van der Waals surface area contributed by atoms with Gasteiger partial charge >= 0.3 is 5.97 Å². The number of anilines is 1. The number of carboxylic acids is 1. The quantitative estimate of drug-likeness (QED) is 0.141. The summed E-state index contributed by atoms with van der Waals surface area (Å²) in [6, 6.07) is 14.8. The summed E-state index contributed by atoms with van der Waals surface area (Å²) in [6.07, 6.45) is 5.46. The number of fused-ring (bicyclic) bond motifs is 1. The number of hydrogen-bond donors (Lipinski definition) is 2. The van der Waals surface area contributed by atoms with Gasteiger partial charge < -0.3 is 19.9 Å². The highest BCUT2D eigenvalue weighted by molar-refractivity contribution is 14.1. The van der Waals surface area contributed by atoms with Crippen molar-refractivity contribution in [2.75, 3.05) is 19.0 Å². The second-order valence-electron chi connectivity index (χ2n) is 12.5. The molecule has 228 valence electrons. The van der Waals surface area contributed by atoms with E-state index in [0.29, 0.717) is 55.0 Å². The number of methoxy groups -OCH3 is 1. The fourth-order valence-electron chi connectivity index (χ4n) is 5.95. The number of benzene rings is 3. The molecule has 3 aromatic carbocycles. The van der Waals surface area contributed by atoms with Crippen LogP contribution in [-0.4, -0.2) is 45.8 Å². The van der Waals surface area contributed by atoms with Gasteiger partial charge in [-0.15, -0.1) is 9.24 Å². The van der Waals surface area contributed by atoms with Crippen LogP contribution in [0.5, 0.6) is 11.5 Å². The molecule has 10 heteroatoms. The lowest BCUT2D eigenvalue weighted by atomic mass is 9.70. The third-order valence-corrected chi connectivity index (χ3v) is 10.3. The van der Waals surface area contributed by atoms with Crippen molar-refractivity contribution in [3.8, 4) is 11.5 Å². The first-order chi connectivity index (χ1) is 20.4. The lowest BCUT2D eigenvalue weighted by molar-refractivity contribution is -0.150. The summed E-state index contributed by atoms with van der Waals surface area (Å²) in [6.45, 7) is 4.63. The fourth-order valence-corrected chi connectivity index (χ4v) is 7.34. The Morgan fingerprint density at radius 1 is 1.00 bits per heavy atom. The van der Waals surface area contributed by atoms with Crippen molar-refractivity contribution < 1.29 is 29.0 Å². The molecule has 2 N–H and O–H groups in total. The van der Waals surface area contributed by atoms with E-state index in [9.17, 15) is 19.5 Å². The van der Waals surface area contributed by atoms with Gasteiger partial charge in [-0.05, 0) is 85.9 Å².